The molecule has 0 aliphatic carbocycles. The van der Waals surface area contributed by atoms with Gasteiger partial charge in [-0.2, -0.15) is 0 Å². The van der Waals surface area contributed by atoms with Crippen LogP contribution in [0.15, 0.2) is 0 Å². The Morgan fingerprint density at radius 1 is 0.897 bits per heavy atom. The van der Waals surface area contributed by atoms with Crippen molar-refractivity contribution in [3.05, 3.63) is 0 Å². The van der Waals surface area contributed by atoms with Gasteiger partial charge in [0.25, 0.3) is 0 Å². The van der Waals surface area contributed by atoms with E-state index in [-0.39, 0.29) is 12.4 Å². The fourth-order valence-electron chi connectivity index (χ4n) is 3.60. The molecule has 1 aliphatic heterocycles. The first-order chi connectivity index (χ1) is 14.4. The van der Waals surface area contributed by atoms with E-state index in [2.05, 4.69) is 18.8 Å². The number of unbranched alkanes of at least 4 members (excludes halogenated alkanes) is 8. The predicted molar refractivity (Wildman–Crippen MR) is 120 cm³/mol. The molecule has 4 heteroatoms. The van der Waals surface area contributed by atoms with Crippen LogP contribution in [0.25, 0.3) is 0 Å². The average molecular weight is 411 g/mol. The third-order valence-corrected chi connectivity index (χ3v) is 5.39. The molecule has 0 N–H and O–H groups in total. The van der Waals surface area contributed by atoms with Crippen LogP contribution in [0.2, 0.25) is 0 Å². The molecular weight excluding hydrogens is 364 g/mol. The van der Waals surface area contributed by atoms with E-state index >= 15 is 0 Å². The zero-order valence-corrected chi connectivity index (χ0v) is 19.2. The van der Waals surface area contributed by atoms with Gasteiger partial charge in [0.2, 0.25) is 0 Å². The molecule has 0 aromatic carbocycles. The van der Waals surface area contributed by atoms with Crippen LogP contribution < -0.4 is 0 Å². The SMILES string of the molecule is CCCCCCCCC#CCCCC[C@H](CCCOC1CCCCO1)OCOC. The normalized spacial score (nSPS) is 17.7. The van der Waals surface area contributed by atoms with Gasteiger partial charge >= 0.3 is 0 Å². The molecule has 0 radical (unpaired) electrons. The highest BCUT2D eigenvalue weighted by Crippen LogP contribution is 2.16. The average Bonchev–Trinajstić information content (AvgIpc) is 2.75. The van der Waals surface area contributed by atoms with Crippen molar-refractivity contribution in [2.24, 2.45) is 0 Å². The van der Waals surface area contributed by atoms with Crippen molar-refractivity contribution in [2.75, 3.05) is 27.1 Å². The minimum absolute atomic E-state index is 0.0111. The molecule has 1 rings (SSSR count). The van der Waals surface area contributed by atoms with Crippen LogP contribution in [0.5, 0.6) is 0 Å². The number of rotatable bonds is 18. The van der Waals surface area contributed by atoms with Gasteiger partial charge < -0.3 is 18.9 Å². The van der Waals surface area contributed by atoms with Crippen LogP contribution in [-0.2, 0) is 18.9 Å². The van der Waals surface area contributed by atoms with Crippen LogP contribution in [0.4, 0.5) is 0 Å². The quantitative estimate of drug-likeness (QED) is 0.145. The summed E-state index contributed by atoms with van der Waals surface area (Å²) < 4.78 is 22.4. The number of hydrogen-bond donors (Lipinski definition) is 0. The molecule has 170 valence electrons. The Labute approximate surface area is 180 Å². The lowest BCUT2D eigenvalue weighted by molar-refractivity contribution is -0.164. The molecule has 4 nitrogen and oxygen atoms in total. The van der Waals surface area contributed by atoms with Crippen LogP contribution in [-0.4, -0.2) is 39.5 Å². The molecule has 0 spiro atoms. The highest BCUT2D eigenvalue weighted by atomic mass is 16.7. The van der Waals surface area contributed by atoms with Gasteiger partial charge in [-0.25, -0.2) is 0 Å². The summed E-state index contributed by atoms with van der Waals surface area (Å²) in [6.07, 6.45) is 19.2. The van der Waals surface area contributed by atoms with E-state index in [9.17, 15) is 0 Å². The molecule has 1 fully saturated rings. The van der Waals surface area contributed by atoms with Crippen LogP contribution >= 0.6 is 0 Å². The standard InChI is InChI=1S/C25H46O4/c1-3-4-5-6-7-8-9-10-11-12-13-14-18-24(29-23-26-2)19-17-22-28-25-20-15-16-21-27-25/h24-25H,3-9,12-23H2,1-2H3/t24-,25?/m1/s1. The van der Waals surface area contributed by atoms with Gasteiger partial charge in [0.05, 0.1) is 6.10 Å². The lowest BCUT2D eigenvalue weighted by atomic mass is 10.1. The Morgan fingerprint density at radius 2 is 1.62 bits per heavy atom. The van der Waals surface area contributed by atoms with Gasteiger partial charge in [-0.1, -0.05) is 39.0 Å². The van der Waals surface area contributed by atoms with Gasteiger partial charge in [-0.15, -0.1) is 11.8 Å². The molecule has 0 aromatic rings. The topological polar surface area (TPSA) is 36.9 Å². The van der Waals surface area contributed by atoms with E-state index in [1.54, 1.807) is 7.11 Å². The second kappa shape index (κ2) is 20.7. The molecule has 1 heterocycles. The number of hydrogen-bond acceptors (Lipinski definition) is 4. The second-order valence-corrected chi connectivity index (χ2v) is 8.12. The Balaban J connectivity index is 2.01. The smallest absolute Gasteiger partial charge is 0.157 e. The third-order valence-electron chi connectivity index (χ3n) is 5.39. The first-order valence-electron chi connectivity index (χ1n) is 12.2. The minimum atomic E-state index is 0.0111. The van der Waals surface area contributed by atoms with Gasteiger partial charge in [0.1, 0.15) is 6.79 Å². The molecule has 0 saturated carbocycles. The lowest BCUT2D eigenvalue weighted by Crippen LogP contribution is -2.23. The molecular formula is C25H46O4. The first kappa shape index (κ1) is 26.4. The summed E-state index contributed by atoms with van der Waals surface area (Å²) in [5.74, 6) is 6.69. The van der Waals surface area contributed by atoms with Crippen molar-refractivity contribution in [3.8, 4) is 11.8 Å². The first-order valence-corrected chi connectivity index (χ1v) is 12.2. The summed E-state index contributed by atoms with van der Waals surface area (Å²) in [6.45, 7) is 4.22. The lowest BCUT2D eigenvalue weighted by Gasteiger charge is -2.23. The largest absolute Gasteiger partial charge is 0.359 e. The van der Waals surface area contributed by atoms with Gasteiger partial charge in [-0.05, 0) is 57.8 Å². The summed E-state index contributed by atoms with van der Waals surface area (Å²) in [4.78, 5) is 0. The van der Waals surface area contributed by atoms with Crippen LogP contribution in [0.3, 0.4) is 0 Å². The predicted octanol–water partition coefficient (Wildman–Crippen LogP) is 6.61. The van der Waals surface area contributed by atoms with Gasteiger partial charge in [0, 0.05) is 33.2 Å². The summed E-state index contributed by atoms with van der Waals surface area (Å²) in [7, 11) is 1.68. The fourth-order valence-corrected chi connectivity index (χ4v) is 3.60. The van der Waals surface area contributed by atoms with E-state index < -0.39 is 0 Å². The van der Waals surface area contributed by atoms with Gasteiger partial charge in [-0.3, -0.25) is 0 Å². The van der Waals surface area contributed by atoms with Gasteiger partial charge in [0.15, 0.2) is 6.29 Å². The van der Waals surface area contributed by atoms with E-state index in [1.807, 2.05) is 0 Å². The summed E-state index contributed by atoms with van der Waals surface area (Å²) >= 11 is 0. The van der Waals surface area contributed by atoms with E-state index in [4.69, 9.17) is 18.9 Å². The highest BCUT2D eigenvalue weighted by Gasteiger charge is 2.14. The van der Waals surface area contributed by atoms with Crippen molar-refractivity contribution in [3.63, 3.8) is 0 Å². The van der Waals surface area contributed by atoms with Crippen molar-refractivity contribution < 1.29 is 18.9 Å². The van der Waals surface area contributed by atoms with Crippen molar-refractivity contribution >= 4 is 0 Å². The Bertz CT molecular complexity index is 395. The van der Waals surface area contributed by atoms with Crippen LogP contribution in [0.1, 0.15) is 110 Å². The zero-order valence-electron chi connectivity index (χ0n) is 19.2. The number of methoxy groups -OCH3 is 1. The molecule has 29 heavy (non-hydrogen) atoms. The van der Waals surface area contributed by atoms with Crippen molar-refractivity contribution in [2.45, 2.75) is 122 Å². The summed E-state index contributed by atoms with van der Waals surface area (Å²) in [5, 5.41) is 0. The van der Waals surface area contributed by atoms with E-state index in [0.717, 1.165) is 71.0 Å². The summed E-state index contributed by atoms with van der Waals surface area (Å²) in [6, 6.07) is 0. The molecule has 2 atom stereocenters. The van der Waals surface area contributed by atoms with Crippen molar-refractivity contribution in [1.29, 1.82) is 0 Å². The molecule has 0 amide bonds. The van der Waals surface area contributed by atoms with E-state index in [0.29, 0.717) is 6.79 Å². The maximum atomic E-state index is 5.84. The molecule has 1 aliphatic rings. The number of ether oxygens (including phenoxy) is 4. The third kappa shape index (κ3) is 16.8. The molecule has 0 aromatic heterocycles. The maximum Gasteiger partial charge on any atom is 0.157 e. The van der Waals surface area contributed by atoms with Crippen molar-refractivity contribution in [1.82, 2.24) is 0 Å². The van der Waals surface area contributed by atoms with Crippen LogP contribution in [0, 0.1) is 11.8 Å². The van der Waals surface area contributed by atoms with E-state index in [1.165, 1.54) is 44.9 Å². The Hall–Kier alpha value is -0.600. The molecule has 0 bridgehead atoms. The highest BCUT2D eigenvalue weighted by molar-refractivity contribution is 4.98. The Kier molecular flexibility index (Phi) is 18.8. The Morgan fingerprint density at radius 3 is 2.34 bits per heavy atom. The monoisotopic (exact) mass is 410 g/mol. The minimum Gasteiger partial charge on any atom is -0.359 e. The summed E-state index contributed by atoms with van der Waals surface area (Å²) in [5.41, 5.74) is 0. The maximum absolute atomic E-state index is 5.84. The molecule has 1 unspecified atom stereocenters. The fraction of sp³-hybridized carbons (Fsp3) is 0.920. The molecule has 1 saturated heterocycles. The second-order valence-electron chi connectivity index (χ2n) is 8.12. The zero-order chi connectivity index (χ0) is 20.8.